The monoisotopic (exact) mass is 293 g/mol. The first-order valence-electron chi connectivity index (χ1n) is 6.61. The van der Waals surface area contributed by atoms with Crippen molar-refractivity contribution in [2.24, 2.45) is 0 Å². The molecular formula is C17H15N3S. The second kappa shape index (κ2) is 7.38. The predicted octanol–water partition coefficient (Wildman–Crippen LogP) is 3.94. The van der Waals surface area contributed by atoms with Crippen LogP contribution in [0.15, 0.2) is 47.4 Å². The van der Waals surface area contributed by atoms with Crippen LogP contribution in [0.3, 0.4) is 0 Å². The Morgan fingerprint density at radius 1 is 1.00 bits per heavy atom. The van der Waals surface area contributed by atoms with Crippen LogP contribution in [0.4, 0.5) is 5.69 Å². The Morgan fingerprint density at radius 3 is 2.19 bits per heavy atom. The summed E-state index contributed by atoms with van der Waals surface area (Å²) in [4.78, 5) is 1.22. The summed E-state index contributed by atoms with van der Waals surface area (Å²) in [5.74, 6) is 0.869. The van der Waals surface area contributed by atoms with Crippen LogP contribution in [0.5, 0.6) is 0 Å². The van der Waals surface area contributed by atoms with Gasteiger partial charge in [0.1, 0.15) is 12.1 Å². The van der Waals surface area contributed by atoms with Gasteiger partial charge < -0.3 is 5.32 Å². The van der Waals surface area contributed by atoms with E-state index in [1.807, 2.05) is 0 Å². The molecule has 0 amide bonds. The van der Waals surface area contributed by atoms with Crippen molar-refractivity contribution in [3.05, 3.63) is 59.2 Å². The van der Waals surface area contributed by atoms with Crippen molar-refractivity contribution in [2.45, 2.75) is 11.8 Å². The van der Waals surface area contributed by atoms with Gasteiger partial charge in [0.25, 0.3) is 0 Å². The molecule has 2 aromatic carbocycles. The second-order valence-corrected chi connectivity index (χ2v) is 5.71. The Kier molecular flexibility index (Phi) is 5.26. The van der Waals surface area contributed by atoms with Gasteiger partial charge in [-0.1, -0.05) is 23.8 Å². The van der Waals surface area contributed by atoms with Gasteiger partial charge in [0.15, 0.2) is 0 Å². The van der Waals surface area contributed by atoms with Gasteiger partial charge >= 0.3 is 0 Å². The molecule has 21 heavy (non-hydrogen) atoms. The molecule has 2 aromatic rings. The normalized spacial score (nSPS) is 9.67. The van der Waals surface area contributed by atoms with Gasteiger partial charge in [-0.15, -0.1) is 11.8 Å². The molecule has 4 heteroatoms. The number of anilines is 1. The summed E-state index contributed by atoms with van der Waals surface area (Å²) in [5.41, 5.74) is 2.90. The molecule has 0 radical (unpaired) electrons. The molecular weight excluding hydrogens is 278 g/mol. The number of aryl methyl sites for hydroxylation is 1. The number of rotatable bonds is 5. The van der Waals surface area contributed by atoms with E-state index in [4.69, 9.17) is 10.5 Å². The van der Waals surface area contributed by atoms with Crippen molar-refractivity contribution in [1.29, 1.82) is 10.5 Å². The van der Waals surface area contributed by atoms with Gasteiger partial charge in [0.2, 0.25) is 0 Å². The zero-order valence-corrected chi connectivity index (χ0v) is 12.6. The molecule has 0 spiro atoms. The zero-order valence-electron chi connectivity index (χ0n) is 11.8. The third-order valence-corrected chi connectivity index (χ3v) is 4.01. The molecule has 0 saturated heterocycles. The maximum Gasteiger partial charge on any atom is 0.101 e. The molecule has 0 aliphatic carbocycles. The number of hydrogen-bond acceptors (Lipinski definition) is 4. The van der Waals surface area contributed by atoms with Gasteiger partial charge in [-0.2, -0.15) is 10.5 Å². The highest BCUT2D eigenvalue weighted by Gasteiger charge is 2.06. The van der Waals surface area contributed by atoms with Crippen LogP contribution < -0.4 is 5.32 Å². The van der Waals surface area contributed by atoms with E-state index in [0.717, 1.165) is 5.75 Å². The highest BCUT2D eigenvalue weighted by atomic mass is 32.2. The molecule has 0 aliphatic heterocycles. The molecule has 1 N–H and O–H groups in total. The summed E-state index contributed by atoms with van der Waals surface area (Å²) >= 11 is 1.75. The zero-order chi connectivity index (χ0) is 15.1. The molecule has 0 aliphatic rings. The lowest BCUT2D eigenvalue weighted by Crippen LogP contribution is -2.07. The Balaban J connectivity index is 1.94. The third-order valence-electron chi connectivity index (χ3n) is 3.00. The van der Waals surface area contributed by atoms with Crippen LogP contribution in [0.2, 0.25) is 0 Å². The molecule has 0 fully saturated rings. The molecule has 0 unspecified atom stereocenters. The Hall–Kier alpha value is -2.43. The topological polar surface area (TPSA) is 59.6 Å². The summed E-state index contributed by atoms with van der Waals surface area (Å²) in [6.45, 7) is 2.77. The number of hydrogen-bond donors (Lipinski definition) is 1. The fraction of sp³-hybridized carbons (Fsp3) is 0.176. The van der Waals surface area contributed by atoms with E-state index >= 15 is 0 Å². The first-order valence-corrected chi connectivity index (χ1v) is 7.59. The van der Waals surface area contributed by atoms with Crippen LogP contribution in [0.1, 0.15) is 16.7 Å². The van der Waals surface area contributed by atoms with E-state index in [1.54, 1.807) is 30.0 Å². The van der Waals surface area contributed by atoms with Crippen LogP contribution in [-0.4, -0.2) is 12.3 Å². The highest BCUT2D eigenvalue weighted by molar-refractivity contribution is 7.99. The lowest BCUT2D eigenvalue weighted by atomic mass is 10.1. The molecule has 3 nitrogen and oxygen atoms in total. The van der Waals surface area contributed by atoms with E-state index < -0.39 is 0 Å². The quantitative estimate of drug-likeness (QED) is 0.670. The van der Waals surface area contributed by atoms with Crippen LogP contribution in [-0.2, 0) is 0 Å². The highest BCUT2D eigenvalue weighted by Crippen LogP contribution is 2.21. The molecule has 0 aromatic heterocycles. The average molecular weight is 293 g/mol. The SMILES string of the molecule is Cc1ccc(SCCNc2c(C#N)cccc2C#N)cc1. The number of thioether (sulfide) groups is 1. The van der Waals surface area contributed by atoms with E-state index in [0.29, 0.717) is 23.4 Å². The maximum absolute atomic E-state index is 9.09. The average Bonchev–Trinajstić information content (AvgIpc) is 2.53. The minimum absolute atomic E-state index is 0.509. The van der Waals surface area contributed by atoms with Crippen molar-refractivity contribution in [2.75, 3.05) is 17.6 Å². The lowest BCUT2D eigenvalue weighted by molar-refractivity contribution is 1.21. The van der Waals surface area contributed by atoms with Gasteiger partial charge in [-0.25, -0.2) is 0 Å². The van der Waals surface area contributed by atoms with Crippen LogP contribution in [0, 0.1) is 29.6 Å². The van der Waals surface area contributed by atoms with Crippen molar-refractivity contribution >= 4 is 17.4 Å². The first-order chi connectivity index (χ1) is 10.2. The van der Waals surface area contributed by atoms with E-state index in [9.17, 15) is 0 Å². The Labute approximate surface area is 129 Å². The third kappa shape index (κ3) is 4.02. The van der Waals surface area contributed by atoms with Crippen molar-refractivity contribution in [1.82, 2.24) is 0 Å². The molecule has 2 rings (SSSR count). The standard InChI is InChI=1S/C17H15N3S/c1-13-5-7-16(8-6-13)21-10-9-20-17-14(11-18)3-2-4-15(17)12-19/h2-8,20H,9-10H2,1H3. The number of nitrogens with one attached hydrogen (secondary N) is 1. The number of para-hydroxylation sites is 1. The fourth-order valence-corrected chi connectivity index (χ4v) is 2.68. The summed E-state index contributed by atoms with van der Waals surface area (Å²) in [7, 11) is 0. The molecule has 0 bridgehead atoms. The van der Waals surface area contributed by atoms with E-state index in [1.165, 1.54) is 10.5 Å². The van der Waals surface area contributed by atoms with Gasteiger partial charge in [-0.3, -0.25) is 0 Å². The van der Waals surface area contributed by atoms with E-state index in [2.05, 4.69) is 48.6 Å². The number of benzene rings is 2. The van der Waals surface area contributed by atoms with Crippen LogP contribution in [0.25, 0.3) is 0 Å². The van der Waals surface area contributed by atoms with Gasteiger partial charge in [-0.05, 0) is 31.2 Å². The predicted molar refractivity (Wildman–Crippen MR) is 86.3 cm³/mol. The van der Waals surface area contributed by atoms with Crippen molar-refractivity contribution in [3.8, 4) is 12.1 Å². The lowest BCUT2D eigenvalue weighted by Gasteiger charge is -2.09. The minimum atomic E-state index is 0.509. The Bertz CT molecular complexity index is 661. The molecule has 104 valence electrons. The molecule has 0 saturated carbocycles. The largest absolute Gasteiger partial charge is 0.382 e. The van der Waals surface area contributed by atoms with Gasteiger partial charge in [0, 0.05) is 17.2 Å². The van der Waals surface area contributed by atoms with Crippen LogP contribution >= 0.6 is 11.8 Å². The van der Waals surface area contributed by atoms with Crippen molar-refractivity contribution < 1.29 is 0 Å². The second-order valence-electron chi connectivity index (χ2n) is 4.54. The van der Waals surface area contributed by atoms with E-state index in [-0.39, 0.29) is 0 Å². The summed E-state index contributed by atoms with van der Waals surface area (Å²) < 4.78 is 0. The summed E-state index contributed by atoms with van der Waals surface area (Å²) in [5, 5.41) is 21.4. The molecule has 0 heterocycles. The first kappa shape index (κ1) is 15.0. The molecule has 0 atom stereocenters. The smallest absolute Gasteiger partial charge is 0.101 e. The summed E-state index contributed by atoms with van der Waals surface area (Å²) in [6.07, 6.45) is 0. The summed E-state index contributed by atoms with van der Waals surface area (Å²) in [6, 6.07) is 17.8. The van der Waals surface area contributed by atoms with Crippen molar-refractivity contribution in [3.63, 3.8) is 0 Å². The Morgan fingerprint density at radius 2 is 1.62 bits per heavy atom. The minimum Gasteiger partial charge on any atom is -0.382 e. The van der Waals surface area contributed by atoms with Gasteiger partial charge in [0.05, 0.1) is 16.8 Å². The fourth-order valence-electron chi connectivity index (χ4n) is 1.91. The number of nitrogens with zero attached hydrogens (tertiary/aromatic N) is 2. The maximum atomic E-state index is 9.09. The number of nitriles is 2.